The number of nitrogens with one attached hydrogen (secondary N) is 1. The first-order chi connectivity index (χ1) is 9.94. The number of nitrogens with two attached hydrogens (primary N) is 1. The Morgan fingerprint density at radius 3 is 2.24 bits per heavy atom. The Bertz CT molecular complexity index is 298. The third-order valence-electron chi connectivity index (χ3n) is 4.50. The van der Waals surface area contributed by atoms with Crippen molar-refractivity contribution < 1.29 is 4.79 Å². The molecule has 4 heteroatoms. The van der Waals surface area contributed by atoms with E-state index in [0.29, 0.717) is 0 Å². The maximum absolute atomic E-state index is 11.7. The Morgan fingerprint density at radius 1 is 1.14 bits per heavy atom. The van der Waals surface area contributed by atoms with Crippen LogP contribution in [0.4, 0.5) is 0 Å². The number of carbonyl (C=O) groups is 1. The van der Waals surface area contributed by atoms with Crippen molar-refractivity contribution in [1.29, 1.82) is 0 Å². The summed E-state index contributed by atoms with van der Waals surface area (Å²) in [5.41, 5.74) is 5.01. The number of likely N-dealkylation sites (tertiary alicyclic amines) is 1. The maximum Gasteiger partial charge on any atom is 0.237 e. The normalized spacial score (nSPS) is 20.8. The van der Waals surface area contributed by atoms with Crippen LogP contribution >= 0.6 is 0 Å². The molecule has 21 heavy (non-hydrogen) atoms. The van der Waals surface area contributed by atoms with E-state index < -0.39 is 5.54 Å². The summed E-state index contributed by atoms with van der Waals surface area (Å²) in [6.45, 7) is 9.71. The second-order valence-corrected chi connectivity index (χ2v) is 7.06. The average Bonchev–Trinajstić information content (AvgIpc) is 2.35. The highest BCUT2D eigenvalue weighted by Crippen LogP contribution is 2.16. The molecule has 1 fully saturated rings. The van der Waals surface area contributed by atoms with Crippen LogP contribution in [0.25, 0.3) is 0 Å². The highest BCUT2D eigenvalue weighted by Gasteiger charge is 2.30. The molecule has 1 heterocycles. The number of amides is 1. The molecular weight excluding hydrogens is 262 g/mol. The van der Waals surface area contributed by atoms with Crippen LogP contribution < -0.4 is 11.1 Å². The number of rotatable bonds is 8. The number of hydrogen-bond donors (Lipinski definition) is 2. The Hall–Kier alpha value is -0.610. The van der Waals surface area contributed by atoms with E-state index in [-0.39, 0.29) is 11.9 Å². The lowest BCUT2D eigenvalue weighted by molar-refractivity contribution is -0.124. The molecule has 1 saturated heterocycles. The average molecular weight is 297 g/mol. The Kier molecular flexibility index (Phi) is 8.27. The predicted molar refractivity (Wildman–Crippen MR) is 89.2 cm³/mol. The van der Waals surface area contributed by atoms with Gasteiger partial charge in [-0.25, -0.2) is 0 Å². The van der Waals surface area contributed by atoms with Crippen LogP contribution in [-0.4, -0.2) is 42.0 Å². The largest absolute Gasteiger partial charge is 0.368 e. The van der Waals surface area contributed by atoms with Gasteiger partial charge in [0.05, 0.1) is 5.54 Å². The van der Waals surface area contributed by atoms with Crippen molar-refractivity contribution in [2.45, 2.75) is 83.7 Å². The molecule has 0 saturated carbocycles. The van der Waals surface area contributed by atoms with Crippen LogP contribution in [0.1, 0.15) is 72.1 Å². The highest BCUT2D eigenvalue weighted by atomic mass is 16.1. The molecule has 0 aromatic rings. The molecule has 0 aromatic carbocycles. The van der Waals surface area contributed by atoms with Crippen molar-refractivity contribution in [2.75, 3.05) is 19.6 Å². The predicted octanol–water partition coefficient (Wildman–Crippen LogP) is 2.66. The summed E-state index contributed by atoms with van der Waals surface area (Å²) in [7, 11) is 0. The van der Waals surface area contributed by atoms with Gasteiger partial charge in [-0.3, -0.25) is 4.79 Å². The molecule has 124 valence electrons. The fourth-order valence-corrected chi connectivity index (χ4v) is 3.25. The summed E-state index contributed by atoms with van der Waals surface area (Å²) in [5.74, 6) is -0.234. The standard InChI is InChI=1S/C17H35N3O/c1-15(2)19-17(3,16(18)21)11-7-10-14-20-12-8-5-4-6-9-13-20/h15,19H,4-14H2,1-3H3,(H2,18,21). The molecule has 1 aliphatic heterocycles. The fourth-order valence-electron chi connectivity index (χ4n) is 3.25. The van der Waals surface area contributed by atoms with Gasteiger partial charge >= 0.3 is 0 Å². The molecule has 1 aliphatic rings. The molecule has 3 N–H and O–H groups in total. The topological polar surface area (TPSA) is 58.4 Å². The molecule has 0 aromatic heterocycles. The van der Waals surface area contributed by atoms with Gasteiger partial charge < -0.3 is 16.0 Å². The van der Waals surface area contributed by atoms with Crippen molar-refractivity contribution >= 4 is 5.91 Å². The van der Waals surface area contributed by atoms with E-state index in [1.165, 1.54) is 45.2 Å². The zero-order valence-electron chi connectivity index (χ0n) is 14.3. The smallest absolute Gasteiger partial charge is 0.237 e. The summed E-state index contributed by atoms with van der Waals surface area (Å²) in [4.78, 5) is 14.3. The third-order valence-corrected chi connectivity index (χ3v) is 4.50. The van der Waals surface area contributed by atoms with E-state index in [1.54, 1.807) is 0 Å². The molecule has 1 rings (SSSR count). The van der Waals surface area contributed by atoms with E-state index >= 15 is 0 Å². The minimum atomic E-state index is -0.565. The zero-order valence-corrected chi connectivity index (χ0v) is 14.3. The summed E-state index contributed by atoms with van der Waals surface area (Å²) in [5, 5.41) is 3.32. The molecule has 0 bridgehead atoms. The lowest BCUT2D eigenvalue weighted by Crippen LogP contribution is -2.55. The van der Waals surface area contributed by atoms with Crippen LogP contribution in [0.5, 0.6) is 0 Å². The lowest BCUT2D eigenvalue weighted by atomic mass is 9.93. The van der Waals surface area contributed by atoms with Gasteiger partial charge in [0.25, 0.3) is 0 Å². The van der Waals surface area contributed by atoms with Gasteiger partial charge in [0, 0.05) is 6.04 Å². The van der Waals surface area contributed by atoms with Crippen LogP contribution in [0.15, 0.2) is 0 Å². The quantitative estimate of drug-likeness (QED) is 0.677. The van der Waals surface area contributed by atoms with Crippen molar-refractivity contribution in [1.82, 2.24) is 10.2 Å². The van der Waals surface area contributed by atoms with Crippen molar-refractivity contribution in [2.24, 2.45) is 5.73 Å². The highest BCUT2D eigenvalue weighted by molar-refractivity contribution is 5.84. The van der Waals surface area contributed by atoms with Crippen molar-refractivity contribution in [3.05, 3.63) is 0 Å². The number of primary amides is 1. The number of nitrogens with zero attached hydrogens (tertiary/aromatic N) is 1. The zero-order chi connectivity index (χ0) is 15.7. The van der Waals surface area contributed by atoms with Crippen LogP contribution in [-0.2, 0) is 4.79 Å². The second-order valence-electron chi connectivity index (χ2n) is 7.06. The van der Waals surface area contributed by atoms with E-state index in [9.17, 15) is 4.79 Å². The molecule has 1 amide bonds. The lowest BCUT2D eigenvalue weighted by Gasteiger charge is -2.30. The summed E-state index contributed by atoms with van der Waals surface area (Å²) >= 11 is 0. The Balaban J connectivity index is 2.28. The van der Waals surface area contributed by atoms with Crippen LogP contribution in [0.3, 0.4) is 0 Å². The molecular formula is C17H35N3O. The van der Waals surface area contributed by atoms with Gasteiger partial charge in [-0.15, -0.1) is 0 Å². The maximum atomic E-state index is 11.7. The molecule has 0 radical (unpaired) electrons. The first-order valence-corrected chi connectivity index (χ1v) is 8.74. The monoisotopic (exact) mass is 297 g/mol. The number of hydrogen-bond acceptors (Lipinski definition) is 3. The number of unbranched alkanes of at least 4 members (excludes halogenated alkanes) is 1. The first kappa shape index (κ1) is 18.4. The Labute approximate surface area is 130 Å². The second kappa shape index (κ2) is 9.42. The fraction of sp³-hybridized carbons (Fsp3) is 0.941. The van der Waals surface area contributed by atoms with E-state index in [2.05, 4.69) is 24.1 Å². The summed E-state index contributed by atoms with van der Waals surface area (Å²) in [6, 6.07) is 0.275. The minimum Gasteiger partial charge on any atom is -0.368 e. The number of carbonyl (C=O) groups excluding carboxylic acids is 1. The molecule has 4 nitrogen and oxygen atoms in total. The third kappa shape index (κ3) is 7.28. The van der Waals surface area contributed by atoms with Gasteiger partial charge in [0.2, 0.25) is 5.91 Å². The molecule has 0 spiro atoms. The van der Waals surface area contributed by atoms with Gasteiger partial charge in [-0.2, -0.15) is 0 Å². The van der Waals surface area contributed by atoms with Gasteiger partial charge in [-0.1, -0.05) is 19.3 Å². The van der Waals surface area contributed by atoms with Gasteiger partial charge in [0.15, 0.2) is 0 Å². The van der Waals surface area contributed by atoms with E-state index in [0.717, 1.165) is 25.8 Å². The van der Waals surface area contributed by atoms with Crippen LogP contribution in [0.2, 0.25) is 0 Å². The van der Waals surface area contributed by atoms with E-state index in [4.69, 9.17) is 5.73 Å². The molecule has 1 atom stereocenters. The van der Waals surface area contributed by atoms with Crippen molar-refractivity contribution in [3.63, 3.8) is 0 Å². The van der Waals surface area contributed by atoms with Crippen LogP contribution in [0, 0.1) is 0 Å². The summed E-state index contributed by atoms with van der Waals surface area (Å²) < 4.78 is 0. The SMILES string of the molecule is CC(C)NC(C)(CCCCN1CCCCCCC1)C(N)=O. The Morgan fingerprint density at radius 2 is 1.71 bits per heavy atom. The molecule has 1 unspecified atom stereocenters. The minimum absolute atomic E-state index is 0.234. The first-order valence-electron chi connectivity index (χ1n) is 8.74. The van der Waals surface area contributed by atoms with Crippen molar-refractivity contribution in [3.8, 4) is 0 Å². The summed E-state index contributed by atoms with van der Waals surface area (Å²) in [6.07, 6.45) is 9.89. The van der Waals surface area contributed by atoms with Gasteiger partial charge in [0.1, 0.15) is 0 Å². The van der Waals surface area contributed by atoms with E-state index in [1.807, 2.05) is 6.92 Å². The van der Waals surface area contributed by atoms with Gasteiger partial charge in [-0.05, 0) is 72.5 Å². The molecule has 0 aliphatic carbocycles.